The molecule has 3 aromatic rings. The van der Waals surface area contributed by atoms with Crippen molar-refractivity contribution in [3.8, 4) is 0 Å². The van der Waals surface area contributed by atoms with Crippen molar-refractivity contribution in [2.75, 3.05) is 5.32 Å². The van der Waals surface area contributed by atoms with Crippen LogP contribution in [0.15, 0.2) is 52.5 Å². The van der Waals surface area contributed by atoms with Gasteiger partial charge in [-0.1, -0.05) is 35.5 Å². The fraction of sp³-hybridized carbons (Fsp3) is 0.263. The highest BCUT2D eigenvalue weighted by Crippen LogP contribution is 2.26. The van der Waals surface area contributed by atoms with Crippen LogP contribution in [-0.4, -0.2) is 25.7 Å². The van der Waals surface area contributed by atoms with Crippen LogP contribution >= 0.6 is 23.4 Å². The van der Waals surface area contributed by atoms with Crippen molar-refractivity contribution in [2.24, 2.45) is 0 Å². The van der Waals surface area contributed by atoms with E-state index in [2.05, 4.69) is 15.3 Å². The van der Waals surface area contributed by atoms with Gasteiger partial charge in [-0.15, -0.1) is 0 Å². The van der Waals surface area contributed by atoms with Gasteiger partial charge in [0.25, 0.3) is 5.56 Å². The Morgan fingerprint density at radius 3 is 2.63 bits per heavy atom. The number of fused-ring (bicyclic) bond motifs is 1. The fourth-order valence-electron chi connectivity index (χ4n) is 2.59. The molecule has 1 N–H and O–H groups in total. The summed E-state index contributed by atoms with van der Waals surface area (Å²) in [5.41, 5.74) is 0.954. The molecule has 1 amide bonds. The Morgan fingerprint density at radius 1 is 1.19 bits per heavy atom. The Balaban J connectivity index is 1.91. The van der Waals surface area contributed by atoms with E-state index in [-0.39, 0.29) is 22.7 Å². The minimum absolute atomic E-state index is 0.0832. The molecular weight excluding hydrogens is 384 g/mol. The third kappa shape index (κ3) is 4.14. The Bertz CT molecular complexity index is 1050. The number of anilines is 1. The molecule has 0 aliphatic heterocycles. The summed E-state index contributed by atoms with van der Waals surface area (Å²) in [7, 11) is 0. The second kappa shape index (κ2) is 8.10. The average Bonchev–Trinajstić information content (AvgIpc) is 2.63. The highest BCUT2D eigenvalue weighted by atomic mass is 35.5. The van der Waals surface area contributed by atoms with Crippen LogP contribution in [0.25, 0.3) is 10.9 Å². The van der Waals surface area contributed by atoms with Gasteiger partial charge in [0.05, 0.1) is 21.8 Å². The summed E-state index contributed by atoms with van der Waals surface area (Å²) >= 11 is 7.23. The number of aromatic nitrogens is 3. The largest absolute Gasteiger partial charge is 0.322 e. The number of pyridine rings is 1. The predicted molar refractivity (Wildman–Crippen MR) is 110 cm³/mol. The number of nitrogens with one attached hydrogen (secondary N) is 1. The average molecular weight is 403 g/mol. The van der Waals surface area contributed by atoms with E-state index in [4.69, 9.17) is 11.6 Å². The van der Waals surface area contributed by atoms with Crippen molar-refractivity contribution >= 4 is 45.9 Å². The van der Waals surface area contributed by atoms with Crippen LogP contribution in [0.2, 0.25) is 5.15 Å². The van der Waals surface area contributed by atoms with Crippen LogP contribution in [0, 0.1) is 0 Å². The van der Waals surface area contributed by atoms with Gasteiger partial charge in [0, 0.05) is 12.2 Å². The molecule has 27 heavy (non-hydrogen) atoms. The zero-order chi connectivity index (χ0) is 19.6. The van der Waals surface area contributed by atoms with Crippen molar-refractivity contribution in [3.63, 3.8) is 0 Å². The maximum Gasteiger partial charge on any atom is 0.262 e. The van der Waals surface area contributed by atoms with Gasteiger partial charge in [0.2, 0.25) is 5.91 Å². The molecule has 0 saturated carbocycles. The van der Waals surface area contributed by atoms with Gasteiger partial charge >= 0.3 is 0 Å². The van der Waals surface area contributed by atoms with E-state index < -0.39 is 5.25 Å². The van der Waals surface area contributed by atoms with Gasteiger partial charge in [0.1, 0.15) is 0 Å². The number of carbonyl (C=O) groups excluding carboxylic acids is 1. The molecule has 1 atom stereocenters. The number of nitrogens with zero attached hydrogens (tertiary/aromatic N) is 3. The third-order valence-electron chi connectivity index (χ3n) is 3.96. The second-order valence-electron chi connectivity index (χ2n) is 6.27. The molecule has 2 heterocycles. The first-order valence-electron chi connectivity index (χ1n) is 8.47. The molecule has 0 fully saturated rings. The van der Waals surface area contributed by atoms with E-state index in [0.717, 1.165) is 0 Å². The molecular formula is C19H19ClN4O2S. The van der Waals surface area contributed by atoms with E-state index in [0.29, 0.717) is 21.7 Å². The van der Waals surface area contributed by atoms with Crippen molar-refractivity contribution in [2.45, 2.75) is 37.2 Å². The minimum Gasteiger partial charge on any atom is -0.322 e. The van der Waals surface area contributed by atoms with Gasteiger partial charge in [0.15, 0.2) is 10.3 Å². The lowest BCUT2D eigenvalue weighted by Crippen LogP contribution is -2.28. The highest BCUT2D eigenvalue weighted by Gasteiger charge is 2.21. The normalized spacial score (nSPS) is 12.3. The molecule has 6 nitrogen and oxygen atoms in total. The van der Waals surface area contributed by atoms with Gasteiger partial charge < -0.3 is 5.32 Å². The summed E-state index contributed by atoms with van der Waals surface area (Å²) in [5, 5.41) is 3.57. The molecule has 3 rings (SSSR count). The van der Waals surface area contributed by atoms with Gasteiger partial charge in [-0.05, 0) is 45.0 Å². The molecule has 8 heteroatoms. The maximum absolute atomic E-state index is 12.9. The molecule has 1 unspecified atom stereocenters. The van der Waals surface area contributed by atoms with E-state index >= 15 is 0 Å². The second-order valence-corrected chi connectivity index (χ2v) is 7.94. The summed E-state index contributed by atoms with van der Waals surface area (Å²) in [6.07, 6.45) is 1.55. The SMILES string of the molecule is CC(Sc1nc2ccccc2c(=O)n1C(C)C)C(=O)Nc1cccnc1Cl. The summed E-state index contributed by atoms with van der Waals surface area (Å²) < 4.78 is 1.62. The topological polar surface area (TPSA) is 76.9 Å². The lowest BCUT2D eigenvalue weighted by Gasteiger charge is -2.18. The molecule has 0 saturated heterocycles. The van der Waals surface area contributed by atoms with E-state index in [9.17, 15) is 9.59 Å². The van der Waals surface area contributed by atoms with Crippen molar-refractivity contribution in [1.82, 2.24) is 14.5 Å². The molecule has 0 aliphatic carbocycles. The van der Waals surface area contributed by atoms with E-state index in [1.165, 1.54) is 11.8 Å². The number of benzene rings is 1. The molecule has 0 aliphatic rings. The lowest BCUT2D eigenvalue weighted by molar-refractivity contribution is -0.115. The van der Waals surface area contributed by atoms with Crippen LogP contribution in [0.3, 0.4) is 0 Å². The third-order valence-corrected chi connectivity index (χ3v) is 5.33. The molecule has 2 aromatic heterocycles. The number of halogens is 1. The van der Waals surface area contributed by atoms with Crippen LogP contribution in [0.5, 0.6) is 0 Å². The standard InChI is InChI=1S/C19H19ClN4O2S/c1-11(2)24-18(26)13-7-4-5-8-14(13)23-19(24)27-12(3)17(25)22-15-9-6-10-21-16(15)20/h4-12H,1-3H3,(H,22,25). The Hall–Kier alpha value is -2.38. The van der Waals surface area contributed by atoms with Crippen molar-refractivity contribution in [3.05, 3.63) is 58.1 Å². The monoisotopic (exact) mass is 402 g/mol. The Kier molecular flexibility index (Phi) is 5.82. The summed E-state index contributed by atoms with van der Waals surface area (Å²) in [5.74, 6) is -0.243. The number of hydrogen-bond donors (Lipinski definition) is 1. The smallest absolute Gasteiger partial charge is 0.262 e. The number of carbonyl (C=O) groups is 1. The molecule has 0 bridgehead atoms. The summed E-state index contributed by atoms with van der Waals surface area (Å²) in [4.78, 5) is 34.0. The first kappa shape index (κ1) is 19.4. The number of hydrogen-bond acceptors (Lipinski definition) is 5. The highest BCUT2D eigenvalue weighted by molar-refractivity contribution is 8.00. The predicted octanol–water partition coefficient (Wildman–Crippen LogP) is 4.15. The van der Waals surface area contributed by atoms with Crippen LogP contribution < -0.4 is 10.9 Å². The maximum atomic E-state index is 12.9. The Morgan fingerprint density at radius 2 is 1.93 bits per heavy atom. The number of para-hydroxylation sites is 1. The zero-order valence-electron chi connectivity index (χ0n) is 15.1. The van der Waals surface area contributed by atoms with Gasteiger partial charge in [-0.2, -0.15) is 0 Å². The number of rotatable bonds is 5. The number of amides is 1. The first-order valence-corrected chi connectivity index (χ1v) is 9.73. The first-order chi connectivity index (χ1) is 12.9. The number of thioether (sulfide) groups is 1. The zero-order valence-corrected chi connectivity index (χ0v) is 16.7. The summed E-state index contributed by atoms with van der Waals surface area (Å²) in [6, 6.07) is 10.5. The van der Waals surface area contributed by atoms with Crippen LogP contribution in [-0.2, 0) is 4.79 Å². The Labute approximate surface area is 166 Å². The van der Waals surface area contributed by atoms with Gasteiger partial charge in [-0.25, -0.2) is 9.97 Å². The molecule has 140 valence electrons. The minimum atomic E-state index is -0.487. The van der Waals surface area contributed by atoms with Crippen molar-refractivity contribution in [1.29, 1.82) is 0 Å². The summed E-state index contributed by atoms with van der Waals surface area (Å²) in [6.45, 7) is 5.60. The van der Waals surface area contributed by atoms with Crippen LogP contribution in [0.1, 0.15) is 26.8 Å². The molecule has 0 radical (unpaired) electrons. The van der Waals surface area contributed by atoms with E-state index in [1.54, 1.807) is 42.0 Å². The molecule has 1 aromatic carbocycles. The fourth-order valence-corrected chi connectivity index (χ4v) is 3.80. The van der Waals surface area contributed by atoms with Crippen LogP contribution in [0.4, 0.5) is 5.69 Å². The molecule has 0 spiro atoms. The quantitative estimate of drug-likeness (QED) is 0.394. The van der Waals surface area contributed by atoms with E-state index in [1.807, 2.05) is 26.0 Å². The van der Waals surface area contributed by atoms with Gasteiger partial charge in [-0.3, -0.25) is 14.2 Å². The lowest BCUT2D eigenvalue weighted by atomic mass is 10.2. The van der Waals surface area contributed by atoms with Crippen molar-refractivity contribution < 1.29 is 4.79 Å².